The average Bonchev–Trinajstić information content (AvgIpc) is 2.51. The van der Waals surface area contributed by atoms with Gasteiger partial charge in [-0.1, -0.05) is 0 Å². The van der Waals surface area contributed by atoms with E-state index in [9.17, 15) is 28.1 Å². The molecule has 0 aromatic heterocycles. The second kappa shape index (κ2) is 7.54. The number of nitrogens with zero attached hydrogens (tertiary/aromatic N) is 2. The molecular weight excluding hydrogens is 354 g/mol. The van der Waals surface area contributed by atoms with Crippen molar-refractivity contribution in [3.05, 3.63) is 45.1 Å². The van der Waals surface area contributed by atoms with Gasteiger partial charge in [0, 0.05) is 18.0 Å². The van der Waals surface area contributed by atoms with Gasteiger partial charge in [-0.25, -0.2) is 13.2 Å². The fraction of sp³-hybridized carbons (Fsp3) is 0.214. The number of nitro groups is 1. The third-order valence-electron chi connectivity index (χ3n) is 2.91. The van der Waals surface area contributed by atoms with Crippen LogP contribution in [0, 0.1) is 21.4 Å². The van der Waals surface area contributed by atoms with E-state index in [4.69, 9.17) is 11.0 Å². The van der Waals surface area contributed by atoms with Crippen LogP contribution in [0.1, 0.15) is 17.3 Å². The first-order chi connectivity index (χ1) is 11.5. The van der Waals surface area contributed by atoms with E-state index in [1.54, 1.807) is 6.07 Å². The number of hydrogen-bond donors (Lipinski definition) is 1. The standard InChI is InChI=1S/C14H13N3O7S/c1-8(16)10(6-15)12(18)7-24-14(19)9-3-4-13(25(2,22)23)11(5-9)17(20)21/h3-5H,7,16H2,1-2H3. The number of carbonyl (C=O) groups is 2. The second-order valence-electron chi connectivity index (χ2n) is 4.88. The first-order valence-corrected chi connectivity index (χ1v) is 8.43. The van der Waals surface area contributed by atoms with Crippen molar-refractivity contribution >= 4 is 27.3 Å². The molecule has 0 radical (unpaired) electrons. The molecule has 132 valence electrons. The number of rotatable bonds is 6. The monoisotopic (exact) mass is 367 g/mol. The van der Waals surface area contributed by atoms with Gasteiger partial charge < -0.3 is 10.5 Å². The van der Waals surface area contributed by atoms with E-state index in [0.717, 1.165) is 24.5 Å². The Morgan fingerprint density at radius 1 is 1.40 bits per heavy atom. The predicted octanol–water partition coefficient (Wildman–Crippen LogP) is 0.480. The van der Waals surface area contributed by atoms with Crippen LogP contribution in [0.5, 0.6) is 0 Å². The number of hydrogen-bond acceptors (Lipinski definition) is 9. The van der Waals surface area contributed by atoms with Crippen LogP contribution in [0.4, 0.5) is 5.69 Å². The molecule has 0 amide bonds. The van der Waals surface area contributed by atoms with Gasteiger partial charge in [0.05, 0.1) is 10.5 Å². The van der Waals surface area contributed by atoms with Gasteiger partial charge >= 0.3 is 5.97 Å². The van der Waals surface area contributed by atoms with Gasteiger partial charge in [-0.3, -0.25) is 14.9 Å². The Labute approximate surface area is 142 Å². The van der Waals surface area contributed by atoms with Crippen molar-refractivity contribution < 1.29 is 27.7 Å². The van der Waals surface area contributed by atoms with Gasteiger partial charge in [0.2, 0.25) is 5.78 Å². The summed E-state index contributed by atoms with van der Waals surface area (Å²) in [5, 5.41) is 19.8. The minimum Gasteiger partial charge on any atom is -0.454 e. The molecule has 1 aromatic rings. The third kappa shape index (κ3) is 4.85. The summed E-state index contributed by atoms with van der Waals surface area (Å²) >= 11 is 0. The van der Waals surface area contributed by atoms with E-state index >= 15 is 0 Å². The quantitative estimate of drug-likeness (QED) is 0.247. The van der Waals surface area contributed by atoms with E-state index in [1.165, 1.54) is 6.92 Å². The van der Waals surface area contributed by atoms with Crippen molar-refractivity contribution in [2.75, 3.05) is 12.9 Å². The molecule has 0 aliphatic rings. The fourth-order valence-corrected chi connectivity index (χ4v) is 2.59. The first kappa shape index (κ1) is 19.8. The first-order valence-electron chi connectivity index (χ1n) is 6.54. The van der Waals surface area contributed by atoms with Crippen molar-refractivity contribution in [1.29, 1.82) is 5.26 Å². The van der Waals surface area contributed by atoms with Crippen molar-refractivity contribution in [3.8, 4) is 6.07 Å². The summed E-state index contributed by atoms with van der Waals surface area (Å²) in [7, 11) is -3.87. The molecule has 0 saturated carbocycles. The summed E-state index contributed by atoms with van der Waals surface area (Å²) in [6.07, 6.45) is 0.789. The van der Waals surface area contributed by atoms with Gasteiger partial charge in [0.25, 0.3) is 5.69 Å². The van der Waals surface area contributed by atoms with Gasteiger partial charge in [0.1, 0.15) is 16.5 Å². The van der Waals surface area contributed by atoms with Crippen molar-refractivity contribution in [3.63, 3.8) is 0 Å². The number of nitro benzene ring substituents is 1. The Morgan fingerprint density at radius 2 is 2.00 bits per heavy atom. The van der Waals surface area contributed by atoms with Gasteiger partial charge in [-0.05, 0) is 19.1 Å². The molecule has 0 spiro atoms. The lowest BCUT2D eigenvalue weighted by molar-refractivity contribution is -0.387. The van der Waals surface area contributed by atoms with Crippen molar-refractivity contribution in [2.24, 2.45) is 5.73 Å². The van der Waals surface area contributed by atoms with E-state index in [0.29, 0.717) is 0 Å². The van der Waals surface area contributed by atoms with E-state index in [1.807, 2.05) is 0 Å². The second-order valence-corrected chi connectivity index (χ2v) is 6.87. The Balaban J connectivity index is 3.07. The highest BCUT2D eigenvalue weighted by Crippen LogP contribution is 2.25. The van der Waals surface area contributed by atoms with E-state index in [-0.39, 0.29) is 16.8 Å². The maximum atomic E-state index is 11.9. The van der Waals surface area contributed by atoms with Crippen molar-refractivity contribution in [1.82, 2.24) is 0 Å². The summed E-state index contributed by atoms with van der Waals surface area (Å²) in [6.45, 7) is 0.531. The maximum absolute atomic E-state index is 11.9. The molecule has 0 atom stereocenters. The molecule has 0 saturated heterocycles. The number of benzene rings is 1. The van der Waals surface area contributed by atoms with E-state index in [2.05, 4.69) is 4.74 Å². The van der Waals surface area contributed by atoms with Crippen LogP contribution >= 0.6 is 0 Å². The largest absolute Gasteiger partial charge is 0.454 e. The average molecular weight is 367 g/mol. The Hall–Kier alpha value is -3.26. The Bertz CT molecular complexity index is 922. The highest BCUT2D eigenvalue weighted by Gasteiger charge is 2.25. The number of Topliss-reactive ketones (excluding diaryl/α,β-unsaturated/α-hetero) is 1. The molecule has 0 fully saturated rings. The van der Waals surface area contributed by atoms with Gasteiger partial charge in [-0.2, -0.15) is 5.26 Å². The highest BCUT2D eigenvalue weighted by atomic mass is 32.2. The van der Waals surface area contributed by atoms with E-state index < -0.39 is 43.7 Å². The molecule has 10 nitrogen and oxygen atoms in total. The van der Waals surface area contributed by atoms with Crippen LogP contribution in [-0.2, 0) is 19.4 Å². The summed E-state index contributed by atoms with van der Waals surface area (Å²) < 4.78 is 27.7. The lowest BCUT2D eigenvalue weighted by Gasteiger charge is -2.06. The van der Waals surface area contributed by atoms with Gasteiger partial charge in [-0.15, -0.1) is 0 Å². The Morgan fingerprint density at radius 3 is 2.44 bits per heavy atom. The minimum atomic E-state index is -3.87. The van der Waals surface area contributed by atoms with Crippen LogP contribution in [0.3, 0.4) is 0 Å². The molecular formula is C14H13N3O7S. The number of ketones is 1. The molecule has 11 heteroatoms. The normalized spacial score (nSPS) is 11.9. The number of sulfone groups is 1. The van der Waals surface area contributed by atoms with Crippen LogP contribution in [-0.4, -0.2) is 38.0 Å². The number of nitriles is 1. The zero-order valence-corrected chi connectivity index (χ0v) is 14.0. The molecule has 0 unspecified atom stereocenters. The SMILES string of the molecule is CC(N)=C(C#N)C(=O)COC(=O)c1ccc(S(C)(=O)=O)c([N+](=O)[O-])c1. The molecule has 1 aromatic carbocycles. The zero-order valence-electron chi connectivity index (χ0n) is 13.2. The van der Waals surface area contributed by atoms with Gasteiger partial charge in [0.15, 0.2) is 16.4 Å². The maximum Gasteiger partial charge on any atom is 0.338 e. The summed E-state index contributed by atoms with van der Waals surface area (Å²) in [4.78, 5) is 33.1. The predicted molar refractivity (Wildman–Crippen MR) is 84.0 cm³/mol. The molecule has 0 bridgehead atoms. The topological polar surface area (TPSA) is 170 Å². The molecule has 0 aliphatic carbocycles. The highest BCUT2D eigenvalue weighted by molar-refractivity contribution is 7.90. The molecule has 0 aliphatic heterocycles. The lowest BCUT2D eigenvalue weighted by Crippen LogP contribution is -2.18. The molecule has 25 heavy (non-hydrogen) atoms. The molecule has 1 rings (SSSR count). The number of ether oxygens (including phenoxy) is 1. The lowest BCUT2D eigenvalue weighted by atomic mass is 10.1. The molecule has 0 heterocycles. The summed E-state index contributed by atoms with van der Waals surface area (Å²) in [6, 6.07) is 4.22. The number of carbonyl (C=O) groups excluding carboxylic acids is 2. The third-order valence-corrected chi connectivity index (χ3v) is 4.05. The molecule has 2 N–H and O–H groups in total. The summed E-state index contributed by atoms with van der Waals surface area (Å²) in [5.74, 6) is -1.93. The fourth-order valence-electron chi connectivity index (χ4n) is 1.76. The van der Waals surface area contributed by atoms with Crippen LogP contribution in [0.15, 0.2) is 34.4 Å². The van der Waals surface area contributed by atoms with Crippen LogP contribution < -0.4 is 5.73 Å². The smallest absolute Gasteiger partial charge is 0.338 e. The van der Waals surface area contributed by atoms with Crippen molar-refractivity contribution in [2.45, 2.75) is 11.8 Å². The van der Waals surface area contributed by atoms with Crippen LogP contribution in [0.25, 0.3) is 0 Å². The Kier molecular flexibility index (Phi) is 5.97. The number of nitrogens with two attached hydrogens (primary N) is 1. The number of esters is 1. The summed E-state index contributed by atoms with van der Waals surface area (Å²) in [5.41, 5.74) is 3.81. The zero-order chi connectivity index (χ0) is 19.4. The van der Waals surface area contributed by atoms with Crippen LogP contribution in [0.2, 0.25) is 0 Å². The minimum absolute atomic E-state index is 0.0447. The number of allylic oxidation sites excluding steroid dienone is 1.